The van der Waals surface area contributed by atoms with Crippen LogP contribution in [0.5, 0.6) is 0 Å². The maximum atomic E-state index is 5.17. The highest BCUT2D eigenvalue weighted by atomic mass is 79.9. The van der Waals surface area contributed by atoms with Crippen LogP contribution in [-0.2, 0) is 10.9 Å². The smallest absolute Gasteiger partial charge is 0.167 e. The molecule has 1 aliphatic heterocycles. The molecule has 0 spiro atoms. The molecule has 1 rings (SSSR count). The van der Waals surface area contributed by atoms with Crippen LogP contribution in [0.25, 0.3) is 0 Å². The van der Waals surface area contributed by atoms with Crippen molar-refractivity contribution in [3.05, 3.63) is 0 Å². The monoisotopic (exact) mass is 206 g/mol. The highest BCUT2D eigenvalue weighted by Crippen LogP contribution is 2.12. The van der Waals surface area contributed by atoms with Gasteiger partial charge in [0.1, 0.15) is 11.5 Å². The fourth-order valence-electron chi connectivity index (χ4n) is 0.977. The van der Waals surface area contributed by atoms with Crippen LogP contribution in [0, 0.1) is 12.3 Å². The lowest BCUT2D eigenvalue weighted by Crippen LogP contribution is -3.00. The van der Waals surface area contributed by atoms with Crippen molar-refractivity contribution < 1.29 is 17.0 Å². The molecule has 0 N–H and O–H groups in total. The van der Waals surface area contributed by atoms with E-state index in [4.69, 9.17) is 6.42 Å². The molecular formula is C7H11BrS. The third-order valence-electron chi connectivity index (χ3n) is 1.40. The van der Waals surface area contributed by atoms with Crippen molar-refractivity contribution in [2.75, 3.05) is 17.3 Å². The van der Waals surface area contributed by atoms with Gasteiger partial charge in [0.2, 0.25) is 0 Å². The van der Waals surface area contributed by atoms with E-state index in [2.05, 4.69) is 5.92 Å². The zero-order valence-electron chi connectivity index (χ0n) is 5.40. The van der Waals surface area contributed by atoms with Crippen LogP contribution in [0.1, 0.15) is 12.8 Å². The number of rotatable bonds is 1. The van der Waals surface area contributed by atoms with Crippen molar-refractivity contribution in [2.45, 2.75) is 12.8 Å². The van der Waals surface area contributed by atoms with Gasteiger partial charge in [0.15, 0.2) is 5.75 Å². The molecule has 1 fully saturated rings. The van der Waals surface area contributed by atoms with Crippen LogP contribution < -0.4 is 17.0 Å². The summed E-state index contributed by atoms with van der Waals surface area (Å²) in [5.74, 6) is 6.58. The normalized spacial score (nSPS) is 18.6. The zero-order chi connectivity index (χ0) is 5.82. The standard InChI is InChI=1S/C7H11S.BrH/c1-2-5-8-6-3-4-7-8;/h1H,3-7H2;1H/q+1;/p-1. The molecule has 0 aromatic carbocycles. The Morgan fingerprint density at radius 2 is 1.89 bits per heavy atom. The summed E-state index contributed by atoms with van der Waals surface area (Å²) in [7, 11) is 0.637. The van der Waals surface area contributed by atoms with E-state index in [-0.39, 0.29) is 17.0 Å². The van der Waals surface area contributed by atoms with E-state index in [1.165, 1.54) is 24.3 Å². The quantitative estimate of drug-likeness (QED) is 0.346. The lowest BCUT2D eigenvalue weighted by atomic mass is 10.4. The zero-order valence-corrected chi connectivity index (χ0v) is 7.80. The second kappa shape index (κ2) is 5.20. The average Bonchev–Trinajstić information content (AvgIpc) is 2.19. The predicted octanol–water partition coefficient (Wildman–Crippen LogP) is -1.96. The van der Waals surface area contributed by atoms with Gasteiger partial charge in [-0.25, -0.2) is 0 Å². The summed E-state index contributed by atoms with van der Waals surface area (Å²) in [6, 6.07) is 0. The second-order valence-corrected chi connectivity index (χ2v) is 4.41. The summed E-state index contributed by atoms with van der Waals surface area (Å²) < 4.78 is 0. The minimum absolute atomic E-state index is 0. The van der Waals surface area contributed by atoms with Gasteiger partial charge in [0.05, 0.1) is 0 Å². The van der Waals surface area contributed by atoms with Gasteiger partial charge >= 0.3 is 0 Å². The predicted molar refractivity (Wildman–Crippen MR) is 40.0 cm³/mol. The molecule has 9 heavy (non-hydrogen) atoms. The lowest BCUT2D eigenvalue weighted by molar-refractivity contribution is -0.00000167. The first-order chi connectivity index (χ1) is 3.93. The van der Waals surface area contributed by atoms with Crippen molar-refractivity contribution in [3.63, 3.8) is 0 Å². The van der Waals surface area contributed by atoms with Crippen LogP contribution in [0.15, 0.2) is 0 Å². The molecule has 0 radical (unpaired) electrons. The van der Waals surface area contributed by atoms with Crippen LogP contribution in [0.3, 0.4) is 0 Å². The topological polar surface area (TPSA) is 0 Å². The SMILES string of the molecule is C#CC[S+]1CCCC1.[Br-]. The molecule has 1 heterocycles. The molecule has 0 aromatic heterocycles. The lowest BCUT2D eigenvalue weighted by Gasteiger charge is -1.89. The summed E-state index contributed by atoms with van der Waals surface area (Å²) in [6.45, 7) is 0. The first kappa shape index (κ1) is 9.39. The molecular weight excluding hydrogens is 196 g/mol. The molecule has 0 aliphatic carbocycles. The minimum Gasteiger partial charge on any atom is -1.00 e. The highest BCUT2D eigenvalue weighted by molar-refractivity contribution is 7.97. The number of hydrogen-bond acceptors (Lipinski definition) is 0. The van der Waals surface area contributed by atoms with Gasteiger partial charge in [-0.1, -0.05) is 5.92 Å². The molecule has 0 aromatic rings. The highest BCUT2D eigenvalue weighted by Gasteiger charge is 2.21. The fourth-order valence-corrected chi connectivity index (χ4v) is 2.93. The summed E-state index contributed by atoms with van der Waals surface area (Å²) in [5, 5.41) is 0. The van der Waals surface area contributed by atoms with Crippen LogP contribution >= 0.6 is 0 Å². The van der Waals surface area contributed by atoms with Gasteiger partial charge in [-0.05, 0) is 23.7 Å². The first-order valence-corrected chi connectivity index (χ1v) is 4.74. The molecule has 1 saturated heterocycles. The van der Waals surface area contributed by atoms with Gasteiger partial charge in [0.25, 0.3) is 0 Å². The number of hydrogen-bond donors (Lipinski definition) is 0. The largest absolute Gasteiger partial charge is 1.00 e. The molecule has 2 heteroatoms. The molecule has 0 amide bonds. The van der Waals surface area contributed by atoms with E-state index < -0.39 is 0 Å². The van der Waals surface area contributed by atoms with Gasteiger partial charge in [-0.3, -0.25) is 0 Å². The molecule has 0 atom stereocenters. The Morgan fingerprint density at radius 1 is 1.33 bits per heavy atom. The van der Waals surface area contributed by atoms with Crippen LogP contribution in [0.2, 0.25) is 0 Å². The Labute approximate surface area is 70.5 Å². The van der Waals surface area contributed by atoms with E-state index in [0.29, 0.717) is 10.9 Å². The van der Waals surface area contributed by atoms with Crippen LogP contribution in [0.4, 0.5) is 0 Å². The van der Waals surface area contributed by atoms with Crippen molar-refractivity contribution in [1.29, 1.82) is 0 Å². The van der Waals surface area contributed by atoms with E-state index in [1.807, 2.05) is 0 Å². The Morgan fingerprint density at radius 3 is 2.33 bits per heavy atom. The maximum absolute atomic E-state index is 5.17. The molecule has 1 aliphatic rings. The third kappa shape index (κ3) is 3.17. The van der Waals surface area contributed by atoms with E-state index in [0.717, 1.165) is 5.75 Å². The summed E-state index contributed by atoms with van der Waals surface area (Å²) in [6.07, 6.45) is 8.01. The Balaban J connectivity index is 0.000000640. The summed E-state index contributed by atoms with van der Waals surface area (Å²) >= 11 is 0. The van der Waals surface area contributed by atoms with Crippen molar-refractivity contribution in [2.24, 2.45) is 0 Å². The van der Waals surface area contributed by atoms with Crippen molar-refractivity contribution >= 4 is 10.9 Å². The summed E-state index contributed by atoms with van der Waals surface area (Å²) in [4.78, 5) is 0. The first-order valence-electron chi connectivity index (χ1n) is 3.01. The van der Waals surface area contributed by atoms with E-state index in [9.17, 15) is 0 Å². The van der Waals surface area contributed by atoms with Crippen LogP contribution in [-0.4, -0.2) is 17.3 Å². The van der Waals surface area contributed by atoms with Gasteiger partial charge in [-0.2, -0.15) is 0 Å². The van der Waals surface area contributed by atoms with E-state index in [1.54, 1.807) is 0 Å². The number of terminal acetylenes is 1. The molecule has 0 bridgehead atoms. The third-order valence-corrected chi connectivity index (χ3v) is 3.71. The molecule has 52 valence electrons. The maximum Gasteiger partial charge on any atom is 0.167 e. The number of halogens is 1. The van der Waals surface area contributed by atoms with E-state index >= 15 is 0 Å². The Hall–Kier alpha value is 0.390. The molecule has 0 saturated carbocycles. The molecule has 0 nitrogen and oxygen atoms in total. The fraction of sp³-hybridized carbons (Fsp3) is 0.714. The average molecular weight is 207 g/mol. The van der Waals surface area contributed by atoms with Gasteiger partial charge in [0, 0.05) is 0 Å². The Kier molecular flexibility index (Phi) is 5.42. The molecule has 0 unspecified atom stereocenters. The Bertz CT molecular complexity index is 100.0. The van der Waals surface area contributed by atoms with Gasteiger partial charge in [-0.15, -0.1) is 6.42 Å². The van der Waals surface area contributed by atoms with Crippen molar-refractivity contribution in [1.82, 2.24) is 0 Å². The second-order valence-electron chi connectivity index (χ2n) is 2.08. The minimum atomic E-state index is 0. The van der Waals surface area contributed by atoms with Crippen molar-refractivity contribution in [3.8, 4) is 12.3 Å². The van der Waals surface area contributed by atoms with Gasteiger partial charge < -0.3 is 17.0 Å². The summed E-state index contributed by atoms with van der Waals surface area (Å²) in [5.41, 5.74) is 0.